The molecule has 4 aliphatic rings. The van der Waals surface area contributed by atoms with Crippen LogP contribution in [-0.2, 0) is 4.79 Å². The van der Waals surface area contributed by atoms with E-state index in [4.69, 9.17) is 11.6 Å². The summed E-state index contributed by atoms with van der Waals surface area (Å²) in [5.74, 6) is 0.920. The fourth-order valence-corrected chi connectivity index (χ4v) is 6.27. The maximum atomic E-state index is 13.7. The van der Waals surface area contributed by atoms with Gasteiger partial charge in [0.15, 0.2) is 0 Å². The lowest BCUT2D eigenvalue weighted by atomic mass is 9.85. The van der Waals surface area contributed by atoms with Crippen LogP contribution in [0.4, 0.5) is 0 Å². The van der Waals surface area contributed by atoms with Gasteiger partial charge in [0.1, 0.15) is 5.54 Å². The zero-order chi connectivity index (χ0) is 17.9. The first-order valence-corrected chi connectivity index (χ1v) is 10.5. The summed E-state index contributed by atoms with van der Waals surface area (Å²) >= 11 is 6.08. The summed E-state index contributed by atoms with van der Waals surface area (Å²) in [5.41, 5.74) is 1.11. The quantitative estimate of drug-likeness (QED) is 0.796. The molecule has 5 heteroatoms. The van der Waals surface area contributed by atoms with E-state index in [0.29, 0.717) is 23.9 Å². The van der Waals surface area contributed by atoms with Crippen LogP contribution in [0.1, 0.15) is 43.7 Å². The van der Waals surface area contributed by atoms with Gasteiger partial charge in [-0.05, 0) is 76.5 Å². The van der Waals surface area contributed by atoms with Crippen LogP contribution in [0, 0.1) is 5.92 Å². The van der Waals surface area contributed by atoms with Crippen LogP contribution in [-0.4, -0.2) is 65.4 Å². The van der Waals surface area contributed by atoms with Crippen LogP contribution in [0.3, 0.4) is 0 Å². The van der Waals surface area contributed by atoms with E-state index in [-0.39, 0.29) is 5.54 Å². The molecule has 3 atom stereocenters. The van der Waals surface area contributed by atoms with E-state index >= 15 is 0 Å². The lowest BCUT2D eigenvalue weighted by Gasteiger charge is -2.38. The van der Waals surface area contributed by atoms with Gasteiger partial charge in [-0.1, -0.05) is 23.7 Å². The Hall–Kier alpha value is -1.10. The summed E-state index contributed by atoms with van der Waals surface area (Å²) in [6.07, 6.45) is 5.56. The van der Waals surface area contributed by atoms with Gasteiger partial charge in [-0.25, -0.2) is 0 Å². The van der Waals surface area contributed by atoms with Crippen LogP contribution in [0.15, 0.2) is 24.3 Å². The number of rotatable bonds is 2. The van der Waals surface area contributed by atoms with Gasteiger partial charge >= 0.3 is 0 Å². The van der Waals surface area contributed by atoms with Crippen LogP contribution in [0.5, 0.6) is 0 Å². The molecule has 0 saturated carbocycles. The highest BCUT2D eigenvalue weighted by molar-refractivity contribution is 6.30. The number of amides is 1. The van der Waals surface area contributed by atoms with Crippen molar-refractivity contribution >= 4 is 17.5 Å². The molecule has 4 aliphatic heterocycles. The van der Waals surface area contributed by atoms with Gasteiger partial charge in [-0.2, -0.15) is 0 Å². The van der Waals surface area contributed by atoms with Crippen molar-refractivity contribution in [2.24, 2.45) is 5.92 Å². The van der Waals surface area contributed by atoms with Gasteiger partial charge in [0.2, 0.25) is 5.91 Å². The van der Waals surface area contributed by atoms with Crippen molar-refractivity contribution in [1.29, 1.82) is 0 Å². The minimum atomic E-state index is -0.215. The van der Waals surface area contributed by atoms with E-state index in [1.807, 2.05) is 12.1 Å². The molecular weight excluding hydrogens is 346 g/mol. The summed E-state index contributed by atoms with van der Waals surface area (Å²) < 4.78 is 0. The number of carbonyl (C=O) groups excluding carboxylic acids is 1. The Morgan fingerprint density at radius 2 is 1.85 bits per heavy atom. The van der Waals surface area contributed by atoms with E-state index in [0.717, 1.165) is 63.3 Å². The number of hydrogen-bond acceptors (Lipinski definition) is 3. The van der Waals surface area contributed by atoms with Gasteiger partial charge in [-0.15, -0.1) is 0 Å². The van der Waals surface area contributed by atoms with E-state index in [2.05, 4.69) is 33.9 Å². The number of piperidine rings is 1. The molecule has 1 aromatic rings. The van der Waals surface area contributed by atoms with Crippen molar-refractivity contribution < 1.29 is 4.79 Å². The van der Waals surface area contributed by atoms with Crippen LogP contribution in [0.2, 0.25) is 5.02 Å². The summed E-state index contributed by atoms with van der Waals surface area (Å²) in [6, 6.07) is 9.11. The highest BCUT2D eigenvalue weighted by Crippen LogP contribution is 2.56. The number of benzene rings is 1. The molecule has 5 rings (SSSR count). The zero-order valence-electron chi connectivity index (χ0n) is 15.5. The highest BCUT2D eigenvalue weighted by Gasteiger charge is 2.65. The molecule has 26 heavy (non-hydrogen) atoms. The first-order valence-electron chi connectivity index (χ1n) is 10.1. The summed E-state index contributed by atoms with van der Waals surface area (Å²) in [4.78, 5) is 20.9. The zero-order valence-corrected chi connectivity index (χ0v) is 16.3. The molecule has 0 radical (unpaired) electrons. The van der Waals surface area contributed by atoms with Crippen molar-refractivity contribution in [3.8, 4) is 0 Å². The second kappa shape index (κ2) is 6.22. The smallest absolute Gasteiger partial charge is 0.243 e. The largest absolute Gasteiger partial charge is 0.338 e. The van der Waals surface area contributed by atoms with Crippen molar-refractivity contribution in [1.82, 2.24) is 14.7 Å². The number of hydrogen-bond donors (Lipinski definition) is 0. The normalized spacial score (nSPS) is 35.9. The molecule has 0 aliphatic carbocycles. The van der Waals surface area contributed by atoms with Gasteiger partial charge in [0.05, 0.1) is 0 Å². The van der Waals surface area contributed by atoms with E-state index in [1.54, 1.807) is 0 Å². The molecule has 140 valence electrons. The Morgan fingerprint density at radius 3 is 2.58 bits per heavy atom. The third-order valence-electron chi connectivity index (χ3n) is 7.46. The second-order valence-corrected chi connectivity index (χ2v) is 9.15. The molecule has 4 fully saturated rings. The number of nitrogens with zero attached hydrogens (tertiary/aromatic N) is 3. The minimum absolute atomic E-state index is 0.215. The molecule has 4 heterocycles. The molecule has 1 amide bonds. The van der Waals surface area contributed by atoms with E-state index < -0.39 is 0 Å². The number of carbonyl (C=O) groups is 1. The van der Waals surface area contributed by atoms with Crippen molar-refractivity contribution in [2.75, 3.05) is 33.2 Å². The standard InChI is InChI=1S/C21H28ClN3O/c1-23-11-7-18(8-12-23)24-14-16-13-19(15-3-5-17(22)6-4-15)25-10-2-9-21(16,25)20(24)26/h3-6,16,18-19H,2,7-14H2,1H3/t16-,19-,21-/m0/s1. The predicted octanol–water partition coefficient (Wildman–Crippen LogP) is 3.17. The maximum Gasteiger partial charge on any atom is 0.243 e. The van der Waals surface area contributed by atoms with Crippen molar-refractivity contribution in [3.05, 3.63) is 34.9 Å². The van der Waals surface area contributed by atoms with Crippen LogP contribution < -0.4 is 0 Å². The Kier molecular flexibility index (Phi) is 4.07. The molecule has 4 saturated heterocycles. The average molecular weight is 374 g/mol. The molecular formula is C21H28ClN3O. The molecule has 4 nitrogen and oxygen atoms in total. The monoisotopic (exact) mass is 373 g/mol. The van der Waals surface area contributed by atoms with Gasteiger partial charge in [0, 0.05) is 29.6 Å². The second-order valence-electron chi connectivity index (χ2n) is 8.71. The molecule has 0 bridgehead atoms. The van der Waals surface area contributed by atoms with Crippen molar-refractivity contribution in [3.63, 3.8) is 0 Å². The van der Waals surface area contributed by atoms with E-state index in [1.165, 1.54) is 5.56 Å². The Labute approximate surface area is 161 Å². The van der Waals surface area contributed by atoms with Gasteiger partial charge in [0.25, 0.3) is 0 Å². The van der Waals surface area contributed by atoms with Gasteiger partial charge < -0.3 is 9.80 Å². The topological polar surface area (TPSA) is 26.8 Å². The molecule has 0 N–H and O–H groups in total. The molecule has 0 aromatic heterocycles. The Bertz CT molecular complexity index is 700. The fourth-order valence-electron chi connectivity index (χ4n) is 6.15. The lowest BCUT2D eigenvalue weighted by molar-refractivity contribution is -0.139. The fraction of sp³-hybridized carbons (Fsp3) is 0.667. The first-order chi connectivity index (χ1) is 12.6. The summed E-state index contributed by atoms with van der Waals surface area (Å²) in [5, 5.41) is 0.785. The number of likely N-dealkylation sites (tertiary alicyclic amines) is 2. The number of halogens is 1. The van der Waals surface area contributed by atoms with E-state index in [9.17, 15) is 4.79 Å². The summed E-state index contributed by atoms with van der Waals surface area (Å²) in [7, 11) is 2.19. The van der Waals surface area contributed by atoms with Gasteiger partial charge in [-0.3, -0.25) is 9.69 Å². The van der Waals surface area contributed by atoms with Crippen LogP contribution >= 0.6 is 11.6 Å². The Morgan fingerprint density at radius 1 is 1.12 bits per heavy atom. The maximum absolute atomic E-state index is 13.7. The van der Waals surface area contributed by atoms with Crippen LogP contribution in [0.25, 0.3) is 0 Å². The third-order valence-corrected chi connectivity index (χ3v) is 7.71. The lowest BCUT2D eigenvalue weighted by Crippen LogP contribution is -2.52. The Balaban J connectivity index is 1.41. The predicted molar refractivity (Wildman–Crippen MR) is 103 cm³/mol. The highest BCUT2D eigenvalue weighted by atomic mass is 35.5. The molecule has 1 spiro atoms. The minimum Gasteiger partial charge on any atom is -0.338 e. The SMILES string of the molecule is CN1CCC(N2C[C@@H]3C[C@@H](c4ccc(Cl)cc4)N4CCC[C@@]34C2=O)CC1. The van der Waals surface area contributed by atoms with Crippen molar-refractivity contribution in [2.45, 2.75) is 49.7 Å². The molecule has 0 unspecified atom stereocenters. The average Bonchev–Trinajstić information content (AvgIpc) is 3.27. The summed E-state index contributed by atoms with van der Waals surface area (Å²) in [6.45, 7) is 4.25. The third kappa shape index (κ3) is 2.38. The molecule has 1 aromatic carbocycles. The first kappa shape index (κ1) is 17.0.